The molecule has 0 bridgehead atoms. The topological polar surface area (TPSA) is 193 Å². The summed E-state index contributed by atoms with van der Waals surface area (Å²) < 4.78 is 37.7. The van der Waals surface area contributed by atoms with Crippen LogP contribution in [0.3, 0.4) is 0 Å². The van der Waals surface area contributed by atoms with Crippen molar-refractivity contribution in [2.45, 2.75) is 32.0 Å². The van der Waals surface area contributed by atoms with Crippen molar-refractivity contribution in [3.63, 3.8) is 0 Å². The van der Waals surface area contributed by atoms with Crippen LogP contribution in [0, 0.1) is 0 Å². The molecule has 1 aliphatic heterocycles. The maximum atomic E-state index is 12.6. The van der Waals surface area contributed by atoms with Crippen LogP contribution in [-0.4, -0.2) is 71.1 Å². The van der Waals surface area contributed by atoms with Crippen LogP contribution in [0.5, 0.6) is 0 Å². The molecule has 0 radical (unpaired) electrons. The molecule has 29 heavy (non-hydrogen) atoms. The third-order valence-corrected chi connectivity index (χ3v) is 4.92. The number of nitrogen functional groups attached to an aromatic ring is 1. The second-order valence-corrected chi connectivity index (χ2v) is 7.81. The van der Waals surface area contributed by atoms with E-state index in [0.717, 1.165) is 18.4 Å². The summed E-state index contributed by atoms with van der Waals surface area (Å²) in [5.74, 6) is -3.49. The van der Waals surface area contributed by atoms with E-state index in [0.29, 0.717) is 0 Å². The molecule has 1 aromatic heterocycles. The minimum absolute atomic E-state index is 0. The van der Waals surface area contributed by atoms with Crippen LogP contribution in [0.25, 0.3) is 0 Å². The van der Waals surface area contributed by atoms with Gasteiger partial charge >= 0.3 is 35.5 Å². The Morgan fingerprint density at radius 1 is 1.45 bits per heavy atom. The molecule has 1 fully saturated rings. The molecule has 1 aromatic rings. The Morgan fingerprint density at radius 2 is 2.07 bits per heavy atom. The molecular formula is C13H16N5NaO8S2. The molecule has 0 aromatic carbocycles. The zero-order chi connectivity index (χ0) is 21.2. The number of aromatic nitrogens is 1. The molecule has 0 saturated carbocycles. The number of esters is 1. The third-order valence-electron chi connectivity index (χ3n) is 3.36. The Morgan fingerprint density at radius 3 is 2.52 bits per heavy atom. The van der Waals surface area contributed by atoms with Crippen LogP contribution in [0.2, 0.25) is 0 Å². The number of carbonyl (C=O) groups is 3. The summed E-state index contributed by atoms with van der Waals surface area (Å²) in [6, 6.07) is -3.49. The van der Waals surface area contributed by atoms with Gasteiger partial charge in [0.05, 0.1) is 7.11 Å². The van der Waals surface area contributed by atoms with E-state index in [2.05, 4.69) is 20.2 Å². The van der Waals surface area contributed by atoms with Gasteiger partial charge in [-0.25, -0.2) is 22.5 Å². The molecule has 0 spiro atoms. The Labute approximate surface area is 191 Å². The van der Waals surface area contributed by atoms with Crippen LogP contribution >= 0.6 is 11.3 Å². The molecule has 154 valence electrons. The SMILES string of the molecule is COC(=O)[C@H]1[C@@H](NC(=O)/C(=N/OC(C)C)c2csc(N)n2)C(=O)N1S(=O)(=O)[O-].[Na+]. The van der Waals surface area contributed by atoms with E-state index in [9.17, 15) is 27.4 Å². The van der Waals surface area contributed by atoms with Crippen molar-refractivity contribution in [2.75, 3.05) is 12.8 Å². The van der Waals surface area contributed by atoms with Crippen molar-refractivity contribution in [3.8, 4) is 0 Å². The normalized spacial score (nSPS) is 19.3. The predicted octanol–water partition coefficient (Wildman–Crippen LogP) is -4.81. The van der Waals surface area contributed by atoms with E-state index in [1.54, 1.807) is 13.8 Å². The van der Waals surface area contributed by atoms with E-state index < -0.39 is 46.3 Å². The number of amides is 2. The number of nitrogens with one attached hydrogen (secondary N) is 1. The van der Waals surface area contributed by atoms with Crippen LogP contribution < -0.4 is 40.6 Å². The van der Waals surface area contributed by atoms with Gasteiger partial charge in [0, 0.05) is 5.38 Å². The summed E-state index contributed by atoms with van der Waals surface area (Å²) in [4.78, 5) is 45.3. The van der Waals surface area contributed by atoms with E-state index in [1.807, 2.05) is 0 Å². The first kappa shape index (κ1) is 25.3. The smallest absolute Gasteiger partial charge is 0.731 e. The van der Waals surface area contributed by atoms with Crippen molar-refractivity contribution in [2.24, 2.45) is 5.16 Å². The molecule has 13 nitrogen and oxygen atoms in total. The molecule has 2 rings (SSSR count). The number of rotatable bonds is 7. The van der Waals surface area contributed by atoms with Crippen molar-refractivity contribution in [1.82, 2.24) is 14.6 Å². The molecule has 16 heteroatoms. The number of nitrogens with two attached hydrogens (primary N) is 1. The maximum absolute atomic E-state index is 12.6. The molecule has 2 amide bonds. The van der Waals surface area contributed by atoms with Crippen molar-refractivity contribution in [3.05, 3.63) is 11.1 Å². The monoisotopic (exact) mass is 457 g/mol. The fourth-order valence-electron chi connectivity index (χ4n) is 2.17. The average Bonchev–Trinajstić information content (AvgIpc) is 3.01. The van der Waals surface area contributed by atoms with Crippen LogP contribution in [0.15, 0.2) is 10.5 Å². The van der Waals surface area contributed by atoms with Gasteiger partial charge in [-0.2, -0.15) is 0 Å². The average molecular weight is 457 g/mol. The molecule has 2 atom stereocenters. The predicted molar refractivity (Wildman–Crippen MR) is 93.6 cm³/mol. The minimum atomic E-state index is -5.28. The van der Waals surface area contributed by atoms with Gasteiger partial charge in [-0.1, -0.05) is 5.16 Å². The summed E-state index contributed by atoms with van der Waals surface area (Å²) in [6.45, 7) is 3.29. The molecule has 0 unspecified atom stereocenters. The Balaban J connectivity index is 0.00000420. The zero-order valence-corrected chi connectivity index (χ0v) is 19.4. The first-order chi connectivity index (χ1) is 13.0. The van der Waals surface area contributed by atoms with Gasteiger partial charge in [-0.05, 0) is 13.8 Å². The molecule has 2 heterocycles. The van der Waals surface area contributed by atoms with Crippen molar-refractivity contribution < 1.29 is 66.5 Å². The second kappa shape index (κ2) is 9.82. The number of oxime groups is 1. The number of hydrogen-bond acceptors (Lipinski definition) is 12. The first-order valence-corrected chi connectivity index (χ1v) is 9.84. The number of ether oxygens (including phenoxy) is 1. The number of methoxy groups -OCH3 is 1. The number of anilines is 1. The molecule has 1 aliphatic rings. The Bertz CT molecular complexity index is 931. The largest absolute Gasteiger partial charge is 1.00 e. The van der Waals surface area contributed by atoms with Gasteiger partial charge in [0.1, 0.15) is 17.8 Å². The van der Waals surface area contributed by atoms with Gasteiger partial charge in [-0.15, -0.1) is 11.3 Å². The van der Waals surface area contributed by atoms with E-state index >= 15 is 0 Å². The van der Waals surface area contributed by atoms with Gasteiger partial charge in [-0.3, -0.25) is 9.59 Å². The van der Waals surface area contributed by atoms with Gasteiger partial charge < -0.3 is 25.2 Å². The number of β-lactam (4-membered cyclic amide) rings is 1. The zero-order valence-electron chi connectivity index (χ0n) is 15.8. The van der Waals surface area contributed by atoms with Crippen LogP contribution in [0.4, 0.5) is 5.13 Å². The summed E-state index contributed by atoms with van der Waals surface area (Å²) >= 11 is 1.02. The summed E-state index contributed by atoms with van der Waals surface area (Å²) in [5.41, 5.74) is 5.21. The fraction of sp³-hybridized carbons (Fsp3) is 0.462. The fourth-order valence-corrected chi connectivity index (χ4v) is 3.54. The van der Waals surface area contributed by atoms with E-state index in [4.69, 9.17) is 10.6 Å². The first-order valence-electron chi connectivity index (χ1n) is 7.60. The Hall–Kier alpha value is -1.78. The second-order valence-electron chi connectivity index (χ2n) is 5.68. The number of thiazole rings is 1. The van der Waals surface area contributed by atoms with E-state index in [1.165, 1.54) is 5.38 Å². The van der Waals surface area contributed by atoms with Crippen molar-refractivity contribution in [1.29, 1.82) is 0 Å². The number of nitrogens with zero attached hydrogens (tertiary/aromatic N) is 3. The minimum Gasteiger partial charge on any atom is -0.731 e. The van der Waals surface area contributed by atoms with Gasteiger partial charge in [0.2, 0.25) is 0 Å². The standard InChI is InChI=1S/C13H17N5O8S2.Na/c1-5(2)26-17-7(6-4-27-13(14)15-6)10(19)16-8-9(12(21)25-3)18(11(8)20)28(22,23)24;/h4-5,8-9H,1-3H3,(H2,14,15)(H,16,19)(H,22,23,24);/q;+1/p-1/b17-7+;/t8-,9-;/m1./s1. The van der Waals surface area contributed by atoms with Crippen LogP contribution in [0.1, 0.15) is 19.5 Å². The van der Waals surface area contributed by atoms with Gasteiger partial charge in [0.15, 0.2) is 27.2 Å². The van der Waals surface area contributed by atoms with E-state index in [-0.39, 0.29) is 50.4 Å². The third kappa shape index (κ3) is 5.64. The maximum Gasteiger partial charge on any atom is 1.00 e. The molecule has 0 aliphatic carbocycles. The Kier molecular flexibility index (Phi) is 8.55. The quantitative estimate of drug-likeness (QED) is 0.100. The summed E-state index contributed by atoms with van der Waals surface area (Å²) in [7, 11) is -4.35. The summed E-state index contributed by atoms with van der Waals surface area (Å²) in [5, 5.41) is 7.36. The van der Waals surface area contributed by atoms with Crippen LogP contribution in [-0.2, 0) is 34.3 Å². The molecule has 1 saturated heterocycles. The summed E-state index contributed by atoms with van der Waals surface area (Å²) in [6.07, 6.45) is -0.395. The number of hydrogen-bond donors (Lipinski definition) is 2. The molecule has 3 N–H and O–H groups in total. The number of carbonyl (C=O) groups excluding carboxylic acids is 3. The van der Waals surface area contributed by atoms with Crippen molar-refractivity contribution >= 4 is 50.3 Å². The molecular weight excluding hydrogens is 441 g/mol. The van der Waals surface area contributed by atoms with Gasteiger partial charge in [0.25, 0.3) is 11.8 Å².